The van der Waals surface area contributed by atoms with Crippen LogP contribution in [0.15, 0.2) is 11.2 Å². The van der Waals surface area contributed by atoms with E-state index in [4.69, 9.17) is 4.74 Å². The summed E-state index contributed by atoms with van der Waals surface area (Å²) in [6, 6.07) is 0.734. The number of hydrogen-bond donors (Lipinski definition) is 1. The van der Waals surface area contributed by atoms with Crippen LogP contribution in [0.25, 0.3) is 0 Å². The predicted octanol–water partition coefficient (Wildman–Crippen LogP) is 3.68. The molecule has 4 bridgehead atoms. The number of carbonyl (C=O) groups excluding carboxylic acids is 1. The number of halogens is 3. The summed E-state index contributed by atoms with van der Waals surface area (Å²) in [4.78, 5) is 19.8. The summed E-state index contributed by atoms with van der Waals surface area (Å²) in [5.41, 5.74) is -1.22. The first kappa shape index (κ1) is 18.8. The highest BCUT2D eigenvalue weighted by Crippen LogP contribution is 2.55. The molecule has 0 spiro atoms. The number of carbonyl (C=O) groups is 1. The molecule has 1 amide bonds. The van der Waals surface area contributed by atoms with Gasteiger partial charge in [0.15, 0.2) is 17.5 Å². The van der Waals surface area contributed by atoms with Crippen LogP contribution in [-0.2, 0) is 11.0 Å². The van der Waals surface area contributed by atoms with Gasteiger partial charge in [0.2, 0.25) is 5.88 Å². The minimum Gasteiger partial charge on any atom is -0.467 e. The third-order valence-electron chi connectivity index (χ3n) is 5.95. The maximum Gasteiger partial charge on any atom is 0.433 e. The molecule has 0 unspecified atom stereocenters. The Labute approximate surface area is 159 Å². The number of amides is 1. The zero-order valence-corrected chi connectivity index (χ0v) is 15.8. The van der Waals surface area contributed by atoms with Gasteiger partial charge in [-0.25, -0.2) is 4.98 Å². The van der Waals surface area contributed by atoms with E-state index in [2.05, 4.69) is 15.3 Å². The number of nitrogens with one attached hydrogen (secondary N) is 1. The van der Waals surface area contributed by atoms with Gasteiger partial charge in [0, 0.05) is 11.6 Å². The highest BCUT2D eigenvalue weighted by molar-refractivity contribution is 7.98. The van der Waals surface area contributed by atoms with Crippen LogP contribution in [-0.4, -0.2) is 34.3 Å². The third-order valence-corrected chi connectivity index (χ3v) is 6.50. The first-order valence-corrected chi connectivity index (χ1v) is 10.4. The van der Waals surface area contributed by atoms with Gasteiger partial charge in [-0.05, 0) is 62.5 Å². The molecular formula is C18H22F3N3O2S. The molecule has 0 aromatic carbocycles. The van der Waals surface area contributed by atoms with E-state index in [9.17, 15) is 18.0 Å². The number of aromatic nitrogens is 2. The molecule has 4 aliphatic rings. The van der Waals surface area contributed by atoms with E-state index < -0.39 is 11.9 Å². The Morgan fingerprint density at radius 3 is 2.33 bits per heavy atom. The number of thioether (sulfide) groups is 1. The fourth-order valence-corrected chi connectivity index (χ4v) is 5.82. The van der Waals surface area contributed by atoms with Gasteiger partial charge >= 0.3 is 6.18 Å². The van der Waals surface area contributed by atoms with Crippen LogP contribution >= 0.6 is 11.8 Å². The van der Waals surface area contributed by atoms with Crippen molar-refractivity contribution in [1.82, 2.24) is 15.3 Å². The van der Waals surface area contributed by atoms with Crippen molar-refractivity contribution in [1.29, 1.82) is 0 Å². The summed E-state index contributed by atoms with van der Waals surface area (Å²) in [7, 11) is 0. The second-order valence-electron chi connectivity index (χ2n) is 8.11. The Balaban J connectivity index is 1.40. The molecule has 1 aromatic rings. The molecule has 4 saturated carbocycles. The monoisotopic (exact) mass is 401 g/mol. The average Bonchev–Trinajstić information content (AvgIpc) is 2.57. The van der Waals surface area contributed by atoms with E-state index in [0.717, 1.165) is 37.1 Å². The maximum absolute atomic E-state index is 12.9. The van der Waals surface area contributed by atoms with Crippen molar-refractivity contribution in [3.63, 3.8) is 0 Å². The lowest BCUT2D eigenvalue weighted by atomic mass is 9.53. The summed E-state index contributed by atoms with van der Waals surface area (Å²) >= 11 is 0.989. The van der Waals surface area contributed by atoms with Crippen LogP contribution in [0.2, 0.25) is 0 Å². The van der Waals surface area contributed by atoms with Crippen LogP contribution in [0.1, 0.15) is 44.2 Å². The number of ether oxygens (including phenoxy) is 1. The quantitative estimate of drug-likeness (QED) is 0.602. The smallest absolute Gasteiger partial charge is 0.433 e. The van der Waals surface area contributed by atoms with Gasteiger partial charge in [-0.1, -0.05) is 11.8 Å². The fraction of sp³-hybridized carbons (Fsp3) is 0.722. The average molecular weight is 401 g/mol. The molecule has 4 fully saturated rings. The summed E-state index contributed by atoms with van der Waals surface area (Å²) in [6.45, 7) is -0.343. The van der Waals surface area contributed by atoms with E-state index in [0.29, 0.717) is 17.8 Å². The number of rotatable bonds is 5. The highest BCUT2D eigenvalue weighted by atomic mass is 32.2. The van der Waals surface area contributed by atoms with Crippen molar-refractivity contribution in [2.45, 2.75) is 55.4 Å². The zero-order chi connectivity index (χ0) is 19.2. The Morgan fingerprint density at radius 2 is 1.81 bits per heavy atom. The number of alkyl halides is 3. The molecule has 0 atom stereocenters. The van der Waals surface area contributed by atoms with Crippen LogP contribution < -0.4 is 10.1 Å². The molecule has 1 aromatic heterocycles. The largest absolute Gasteiger partial charge is 0.467 e. The SMILES string of the molecule is CSc1nc(OCC(=O)NC23CC4CC(CC(C4)C2)C3)cc(C(F)(F)F)n1. The number of hydrogen-bond acceptors (Lipinski definition) is 5. The van der Waals surface area contributed by atoms with Gasteiger partial charge in [-0.2, -0.15) is 18.2 Å². The topological polar surface area (TPSA) is 64.1 Å². The minimum atomic E-state index is -4.59. The molecule has 0 radical (unpaired) electrons. The summed E-state index contributed by atoms with van der Waals surface area (Å²) < 4.78 is 44.1. The van der Waals surface area contributed by atoms with Crippen LogP contribution in [0.4, 0.5) is 13.2 Å². The Hall–Kier alpha value is -1.51. The van der Waals surface area contributed by atoms with Crippen molar-refractivity contribution in [3.8, 4) is 5.88 Å². The predicted molar refractivity (Wildman–Crippen MR) is 93.4 cm³/mol. The van der Waals surface area contributed by atoms with Crippen molar-refractivity contribution in [3.05, 3.63) is 11.8 Å². The Morgan fingerprint density at radius 1 is 1.22 bits per heavy atom. The standard InChI is InChI=1S/C18H22F3N3O2S/c1-27-16-22-13(18(19,20)21)5-15(23-16)26-9-14(25)24-17-6-10-2-11(7-17)4-12(3-10)8-17/h5,10-12H,2-4,6-9H2,1H3,(H,24,25). The van der Waals surface area contributed by atoms with Gasteiger partial charge in [0.1, 0.15) is 0 Å². The molecule has 1 heterocycles. The van der Waals surface area contributed by atoms with E-state index in [1.54, 1.807) is 6.26 Å². The molecule has 0 saturated heterocycles. The molecule has 27 heavy (non-hydrogen) atoms. The van der Waals surface area contributed by atoms with Gasteiger partial charge in [-0.3, -0.25) is 4.79 Å². The molecule has 0 aliphatic heterocycles. The Kier molecular flexibility index (Phi) is 4.76. The van der Waals surface area contributed by atoms with Gasteiger partial charge in [0.05, 0.1) is 0 Å². The van der Waals surface area contributed by atoms with E-state index in [-0.39, 0.29) is 29.1 Å². The molecule has 5 nitrogen and oxygen atoms in total. The molecule has 4 aliphatic carbocycles. The van der Waals surface area contributed by atoms with Crippen LogP contribution in [0, 0.1) is 17.8 Å². The third kappa shape index (κ3) is 4.02. The van der Waals surface area contributed by atoms with E-state index in [1.807, 2.05) is 0 Å². The van der Waals surface area contributed by atoms with Crippen LogP contribution in [0.3, 0.4) is 0 Å². The fourth-order valence-electron chi connectivity index (χ4n) is 5.45. The lowest BCUT2D eigenvalue weighted by Crippen LogP contribution is -2.60. The van der Waals surface area contributed by atoms with Gasteiger partial charge < -0.3 is 10.1 Å². The van der Waals surface area contributed by atoms with Gasteiger partial charge in [0.25, 0.3) is 5.91 Å². The summed E-state index contributed by atoms with van der Waals surface area (Å²) in [5.74, 6) is 1.55. The molecule has 5 rings (SSSR count). The van der Waals surface area contributed by atoms with Gasteiger partial charge in [-0.15, -0.1) is 0 Å². The first-order chi connectivity index (χ1) is 12.7. The minimum absolute atomic E-state index is 0.0404. The van der Waals surface area contributed by atoms with Crippen molar-refractivity contribution >= 4 is 17.7 Å². The molecular weight excluding hydrogens is 379 g/mol. The summed E-state index contributed by atoms with van der Waals surface area (Å²) in [5, 5.41) is 3.09. The number of nitrogens with zero attached hydrogens (tertiary/aromatic N) is 2. The Bertz CT molecular complexity index is 706. The van der Waals surface area contributed by atoms with E-state index >= 15 is 0 Å². The lowest BCUT2D eigenvalue weighted by molar-refractivity contribution is -0.141. The zero-order valence-electron chi connectivity index (χ0n) is 15.0. The van der Waals surface area contributed by atoms with Crippen molar-refractivity contribution in [2.24, 2.45) is 17.8 Å². The van der Waals surface area contributed by atoms with Crippen molar-refractivity contribution < 1.29 is 22.7 Å². The lowest BCUT2D eigenvalue weighted by Gasteiger charge is -2.56. The molecule has 1 N–H and O–H groups in total. The highest BCUT2D eigenvalue weighted by Gasteiger charge is 2.51. The normalized spacial score (nSPS) is 31.8. The maximum atomic E-state index is 12.9. The second kappa shape index (κ2) is 6.83. The first-order valence-electron chi connectivity index (χ1n) is 9.19. The second-order valence-corrected chi connectivity index (χ2v) is 8.88. The van der Waals surface area contributed by atoms with E-state index in [1.165, 1.54) is 19.3 Å². The van der Waals surface area contributed by atoms with Crippen LogP contribution in [0.5, 0.6) is 5.88 Å². The summed E-state index contributed by atoms with van der Waals surface area (Å²) in [6.07, 6.45) is 3.82. The van der Waals surface area contributed by atoms with Crippen molar-refractivity contribution in [2.75, 3.05) is 12.9 Å². The molecule has 148 valence electrons. The molecule has 9 heteroatoms.